The van der Waals surface area contributed by atoms with Crippen LogP contribution in [0.3, 0.4) is 0 Å². The molecule has 0 aliphatic heterocycles. The van der Waals surface area contributed by atoms with E-state index in [1.807, 2.05) is 30.3 Å². The second-order valence-corrected chi connectivity index (χ2v) is 4.85. The van der Waals surface area contributed by atoms with Gasteiger partial charge in [0.1, 0.15) is 5.82 Å². The second-order valence-electron chi connectivity index (χ2n) is 4.44. The van der Waals surface area contributed by atoms with Gasteiger partial charge in [-0.2, -0.15) is 0 Å². The first kappa shape index (κ1) is 12.7. The van der Waals surface area contributed by atoms with E-state index < -0.39 is 5.82 Å². The van der Waals surface area contributed by atoms with Crippen LogP contribution in [-0.2, 0) is 0 Å². The van der Waals surface area contributed by atoms with Gasteiger partial charge < -0.3 is 0 Å². The number of benzene rings is 3. The predicted molar refractivity (Wildman–Crippen MR) is 81.3 cm³/mol. The van der Waals surface area contributed by atoms with Crippen LogP contribution in [0.25, 0.3) is 10.8 Å². The highest BCUT2D eigenvalue weighted by molar-refractivity contribution is 6.30. The van der Waals surface area contributed by atoms with E-state index in [-0.39, 0.29) is 5.02 Å². The lowest BCUT2D eigenvalue weighted by molar-refractivity contribution is 0.628. The Hall–Kier alpha value is -2.30. The highest BCUT2D eigenvalue weighted by atomic mass is 35.5. The highest BCUT2D eigenvalue weighted by Crippen LogP contribution is 2.17. The Labute approximate surface area is 121 Å². The Balaban J connectivity index is 1.96. The third-order valence-corrected chi connectivity index (χ3v) is 3.31. The summed E-state index contributed by atoms with van der Waals surface area (Å²) in [5.74, 6) is 5.63. The molecule has 3 aromatic carbocycles. The van der Waals surface area contributed by atoms with Gasteiger partial charge in [0.2, 0.25) is 0 Å². The molecule has 0 aliphatic carbocycles. The van der Waals surface area contributed by atoms with E-state index in [2.05, 4.69) is 24.0 Å². The van der Waals surface area contributed by atoms with Crippen molar-refractivity contribution in [1.82, 2.24) is 0 Å². The summed E-state index contributed by atoms with van der Waals surface area (Å²) in [6.07, 6.45) is 0. The van der Waals surface area contributed by atoms with Crippen molar-refractivity contribution in [1.29, 1.82) is 0 Å². The average molecular weight is 281 g/mol. The number of hydrogen-bond donors (Lipinski definition) is 0. The molecule has 0 atom stereocenters. The van der Waals surface area contributed by atoms with Gasteiger partial charge in [0.25, 0.3) is 0 Å². The third-order valence-electron chi connectivity index (χ3n) is 3.02. The third kappa shape index (κ3) is 2.66. The van der Waals surface area contributed by atoms with Gasteiger partial charge in [-0.1, -0.05) is 53.8 Å². The van der Waals surface area contributed by atoms with Crippen LogP contribution >= 0.6 is 11.6 Å². The summed E-state index contributed by atoms with van der Waals surface area (Å²) in [6, 6.07) is 18.6. The van der Waals surface area contributed by atoms with Crippen molar-refractivity contribution < 1.29 is 4.39 Å². The van der Waals surface area contributed by atoms with Crippen molar-refractivity contribution in [2.24, 2.45) is 0 Å². The van der Waals surface area contributed by atoms with E-state index >= 15 is 0 Å². The first-order valence-electron chi connectivity index (χ1n) is 6.18. The lowest BCUT2D eigenvalue weighted by Crippen LogP contribution is -1.80. The van der Waals surface area contributed by atoms with Gasteiger partial charge >= 0.3 is 0 Å². The SMILES string of the molecule is Fc1ccc(C#Cc2ccc3ccccc3c2)cc1Cl. The molecule has 0 fully saturated rings. The number of halogens is 2. The van der Waals surface area contributed by atoms with Crippen LogP contribution in [0.2, 0.25) is 5.02 Å². The fourth-order valence-electron chi connectivity index (χ4n) is 1.99. The summed E-state index contributed by atoms with van der Waals surface area (Å²) in [5, 5.41) is 2.43. The molecule has 0 N–H and O–H groups in total. The van der Waals surface area contributed by atoms with Crippen LogP contribution in [0, 0.1) is 17.7 Å². The largest absolute Gasteiger partial charge is 0.205 e. The van der Waals surface area contributed by atoms with Crippen LogP contribution in [0.4, 0.5) is 4.39 Å². The minimum atomic E-state index is -0.428. The maximum Gasteiger partial charge on any atom is 0.141 e. The van der Waals surface area contributed by atoms with E-state index in [4.69, 9.17) is 11.6 Å². The molecule has 0 heterocycles. The summed E-state index contributed by atoms with van der Waals surface area (Å²) in [6.45, 7) is 0. The summed E-state index contributed by atoms with van der Waals surface area (Å²) in [4.78, 5) is 0. The molecular formula is C18H10ClF. The molecule has 0 nitrogen and oxygen atoms in total. The molecule has 0 unspecified atom stereocenters. The van der Waals surface area contributed by atoms with Crippen molar-refractivity contribution >= 4 is 22.4 Å². The lowest BCUT2D eigenvalue weighted by atomic mass is 10.1. The second kappa shape index (κ2) is 5.36. The quantitative estimate of drug-likeness (QED) is 0.507. The zero-order valence-electron chi connectivity index (χ0n) is 10.5. The molecule has 0 amide bonds. The Kier molecular flexibility index (Phi) is 3.41. The van der Waals surface area contributed by atoms with Gasteiger partial charge in [-0.15, -0.1) is 0 Å². The maximum atomic E-state index is 13.1. The predicted octanol–water partition coefficient (Wildman–Crippen LogP) is 5.03. The van der Waals surface area contributed by atoms with Crippen molar-refractivity contribution in [3.05, 3.63) is 82.6 Å². The first-order chi connectivity index (χ1) is 9.72. The van der Waals surface area contributed by atoms with Crippen LogP contribution in [-0.4, -0.2) is 0 Å². The van der Waals surface area contributed by atoms with E-state index in [1.54, 1.807) is 6.07 Å². The Bertz CT molecular complexity index is 841. The molecule has 3 aromatic rings. The Morgan fingerprint density at radius 2 is 1.40 bits per heavy atom. The molecule has 20 heavy (non-hydrogen) atoms. The fraction of sp³-hybridized carbons (Fsp3) is 0. The lowest BCUT2D eigenvalue weighted by Gasteiger charge is -1.97. The zero-order chi connectivity index (χ0) is 13.9. The van der Waals surface area contributed by atoms with Crippen LogP contribution < -0.4 is 0 Å². The summed E-state index contributed by atoms with van der Waals surface area (Å²) < 4.78 is 13.1. The summed E-state index contributed by atoms with van der Waals surface area (Å²) in [7, 11) is 0. The zero-order valence-corrected chi connectivity index (χ0v) is 11.3. The van der Waals surface area contributed by atoms with Crippen molar-refractivity contribution in [3.63, 3.8) is 0 Å². The van der Waals surface area contributed by atoms with E-state index in [9.17, 15) is 4.39 Å². The fourth-order valence-corrected chi connectivity index (χ4v) is 2.17. The standard InChI is InChI=1S/C18H10ClF/c19-17-12-14(8-10-18(17)20)6-5-13-7-9-15-3-1-2-4-16(15)11-13/h1-4,7-12H. The normalized spacial score (nSPS) is 10.1. The molecule has 0 spiro atoms. The molecule has 3 rings (SSSR count). The molecule has 0 saturated heterocycles. The van der Waals surface area contributed by atoms with Gasteiger partial charge in [-0.3, -0.25) is 0 Å². The molecule has 0 aromatic heterocycles. The molecule has 0 bridgehead atoms. The van der Waals surface area contributed by atoms with Gasteiger partial charge in [-0.05, 0) is 41.1 Å². The highest BCUT2D eigenvalue weighted by Gasteiger charge is 1.98. The van der Waals surface area contributed by atoms with Crippen molar-refractivity contribution in [2.45, 2.75) is 0 Å². The minimum Gasteiger partial charge on any atom is -0.205 e. The number of fused-ring (bicyclic) bond motifs is 1. The van der Waals surface area contributed by atoms with Crippen molar-refractivity contribution in [3.8, 4) is 11.8 Å². The van der Waals surface area contributed by atoms with Crippen LogP contribution in [0.1, 0.15) is 11.1 Å². The first-order valence-corrected chi connectivity index (χ1v) is 6.56. The summed E-state index contributed by atoms with van der Waals surface area (Å²) in [5.41, 5.74) is 1.62. The number of rotatable bonds is 0. The van der Waals surface area contributed by atoms with E-state index in [0.29, 0.717) is 5.56 Å². The van der Waals surface area contributed by atoms with E-state index in [0.717, 1.165) is 10.9 Å². The van der Waals surface area contributed by atoms with Crippen LogP contribution in [0.5, 0.6) is 0 Å². The summed E-state index contributed by atoms with van der Waals surface area (Å²) >= 11 is 5.73. The average Bonchev–Trinajstić information content (AvgIpc) is 2.48. The van der Waals surface area contributed by atoms with Gasteiger partial charge in [0.05, 0.1) is 5.02 Å². The monoisotopic (exact) mass is 280 g/mol. The molecule has 0 aliphatic rings. The van der Waals surface area contributed by atoms with Gasteiger partial charge in [-0.25, -0.2) is 4.39 Å². The van der Waals surface area contributed by atoms with Crippen LogP contribution in [0.15, 0.2) is 60.7 Å². The molecule has 0 saturated carbocycles. The molecule has 96 valence electrons. The minimum absolute atomic E-state index is 0.0929. The number of hydrogen-bond acceptors (Lipinski definition) is 0. The Morgan fingerprint density at radius 3 is 2.15 bits per heavy atom. The maximum absolute atomic E-state index is 13.1. The molecule has 2 heteroatoms. The molecule has 0 radical (unpaired) electrons. The molecular weight excluding hydrogens is 271 g/mol. The van der Waals surface area contributed by atoms with Gasteiger partial charge in [0, 0.05) is 11.1 Å². The Morgan fingerprint density at radius 1 is 0.750 bits per heavy atom. The van der Waals surface area contributed by atoms with Crippen molar-refractivity contribution in [2.75, 3.05) is 0 Å². The smallest absolute Gasteiger partial charge is 0.141 e. The van der Waals surface area contributed by atoms with Gasteiger partial charge in [0.15, 0.2) is 0 Å². The topological polar surface area (TPSA) is 0 Å². The van der Waals surface area contributed by atoms with E-state index in [1.165, 1.54) is 17.5 Å².